The minimum Gasteiger partial charge on any atom is -0.378 e. The van der Waals surface area contributed by atoms with Gasteiger partial charge in [0.15, 0.2) is 5.69 Å². The predicted molar refractivity (Wildman–Crippen MR) is 103 cm³/mol. The van der Waals surface area contributed by atoms with Gasteiger partial charge in [0.1, 0.15) is 0 Å². The summed E-state index contributed by atoms with van der Waals surface area (Å²) in [5.41, 5.74) is 9.03. The fourth-order valence-electron chi connectivity index (χ4n) is 2.27. The van der Waals surface area contributed by atoms with Crippen LogP contribution in [-0.4, -0.2) is 56.4 Å². The lowest BCUT2D eigenvalue weighted by Crippen LogP contribution is -2.23. The molecule has 0 bridgehead atoms. The number of nitrogens with two attached hydrogens (primary N) is 1. The van der Waals surface area contributed by atoms with E-state index in [0.717, 1.165) is 0 Å². The molecule has 0 aliphatic heterocycles. The third kappa shape index (κ3) is 4.11. The van der Waals surface area contributed by atoms with Gasteiger partial charge in [-0.2, -0.15) is 9.78 Å². The maximum atomic E-state index is 12.6. The van der Waals surface area contributed by atoms with Crippen molar-refractivity contribution in [3.63, 3.8) is 0 Å². The zero-order valence-corrected chi connectivity index (χ0v) is 16.3. The molecule has 28 heavy (non-hydrogen) atoms. The Morgan fingerprint density at radius 3 is 2.68 bits per heavy atom. The Kier molecular flexibility index (Phi) is 5.87. The van der Waals surface area contributed by atoms with Crippen molar-refractivity contribution >= 4 is 41.1 Å². The van der Waals surface area contributed by atoms with Crippen molar-refractivity contribution in [2.75, 3.05) is 19.8 Å². The summed E-state index contributed by atoms with van der Waals surface area (Å²) in [6, 6.07) is 5.03. The predicted octanol–water partition coefficient (Wildman–Crippen LogP) is 1.36. The molecule has 3 N–H and O–H groups in total. The van der Waals surface area contributed by atoms with E-state index < -0.39 is 5.91 Å². The van der Waals surface area contributed by atoms with Gasteiger partial charge in [-0.25, -0.2) is 10.1 Å². The van der Waals surface area contributed by atoms with Gasteiger partial charge in [-0.3, -0.25) is 4.79 Å². The first kappa shape index (κ1) is 19.7. The van der Waals surface area contributed by atoms with Crippen molar-refractivity contribution in [2.45, 2.75) is 6.54 Å². The number of carbonyl (C=O) groups is 1. The number of nitrogen functional groups attached to an aromatic ring is 1. The third-order valence-corrected chi connectivity index (χ3v) is 4.16. The van der Waals surface area contributed by atoms with Crippen molar-refractivity contribution in [3.05, 3.63) is 45.2 Å². The van der Waals surface area contributed by atoms with Crippen molar-refractivity contribution in [1.82, 2.24) is 35.6 Å². The van der Waals surface area contributed by atoms with Crippen LogP contribution in [0.4, 0.5) is 5.82 Å². The molecule has 3 aromatic rings. The molecule has 2 heterocycles. The van der Waals surface area contributed by atoms with Gasteiger partial charge in [0.25, 0.3) is 5.91 Å². The number of amides is 1. The number of hydrazone groups is 1. The van der Waals surface area contributed by atoms with Crippen LogP contribution in [0.2, 0.25) is 10.0 Å². The molecule has 146 valence electrons. The highest BCUT2D eigenvalue weighted by Gasteiger charge is 2.24. The first-order valence-corrected chi connectivity index (χ1v) is 8.59. The third-order valence-electron chi connectivity index (χ3n) is 3.50. The molecule has 2 aromatic heterocycles. The molecule has 11 nitrogen and oxygen atoms in total. The maximum Gasteiger partial charge on any atom is 0.293 e. The summed E-state index contributed by atoms with van der Waals surface area (Å²) in [4.78, 5) is 14.4. The number of hydrogen-bond donors (Lipinski definition) is 2. The van der Waals surface area contributed by atoms with Gasteiger partial charge in [-0.15, -0.1) is 5.10 Å². The number of rotatable bonds is 6. The summed E-state index contributed by atoms with van der Waals surface area (Å²) in [5, 5.41) is 19.7. The lowest BCUT2D eigenvalue weighted by molar-refractivity contribution is 0.0948. The highest BCUT2D eigenvalue weighted by atomic mass is 35.5. The van der Waals surface area contributed by atoms with E-state index in [-0.39, 0.29) is 17.3 Å². The molecular formula is C15H15Cl2N9O2. The lowest BCUT2D eigenvalue weighted by atomic mass is 10.2. The average Bonchev–Trinajstić information content (AvgIpc) is 3.22. The molecular weight excluding hydrogens is 409 g/mol. The quantitative estimate of drug-likeness (QED) is 0.447. The van der Waals surface area contributed by atoms with E-state index in [1.54, 1.807) is 18.2 Å². The molecule has 0 unspecified atom stereocenters. The van der Waals surface area contributed by atoms with E-state index in [2.05, 4.69) is 35.8 Å². The van der Waals surface area contributed by atoms with Gasteiger partial charge in [0.05, 0.1) is 22.0 Å². The largest absolute Gasteiger partial charge is 0.378 e. The minimum absolute atomic E-state index is 0.0169. The van der Waals surface area contributed by atoms with E-state index in [0.29, 0.717) is 27.8 Å². The van der Waals surface area contributed by atoms with Crippen molar-refractivity contribution < 1.29 is 9.42 Å². The van der Waals surface area contributed by atoms with Crippen LogP contribution in [-0.2, 0) is 6.54 Å². The number of anilines is 1. The summed E-state index contributed by atoms with van der Waals surface area (Å²) < 4.78 is 5.88. The molecule has 0 atom stereocenters. The highest BCUT2D eigenvalue weighted by Crippen LogP contribution is 2.22. The summed E-state index contributed by atoms with van der Waals surface area (Å²) in [6.45, 7) is 0.322. The van der Waals surface area contributed by atoms with Gasteiger partial charge in [-0.05, 0) is 36.5 Å². The van der Waals surface area contributed by atoms with Crippen molar-refractivity contribution in [3.8, 4) is 5.82 Å². The number of hydrogen-bond acceptors (Lipinski definition) is 9. The molecule has 0 saturated heterocycles. The minimum atomic E-state index is -0.586. The first-order chi connectivity index (χ1) is 13.4. The SMILES string of the molecule is CN(C)Cc1c(C(=O)N/N=C\c2c(Cl)cccc2Cl)nnn1-c1nonc1N. The second-order valence-electron chi connectivity index (χ2n) is 5.84. The van der Waals surface area contributed by atoms with Gasteiger partial charge in [-0.1, -0.05) is 34.5 Å². The van der Waals surface area contributed by atoms with E-state index in [1.807, 2.05) is 19.0 Å². The molecule has 0 spiro atoms. The average molecular weight is 424 g/mol. The maximum absolute atomic E-state index is 12.6. The summed E-state index contributed by atoms with van der Waals surface area (Å²) >= 11 is 12.1. The second-order valence-corrected chi connectivity index (χ2v) is 6.66. The number of carbonyl (C=O) groups excluding carboxylic acids is 1. The normalized spacial score (nSPS) is 11.5. The smallest absolute Gasteiger partial charge is 0.293 e. The topological polar surface area (TPSA) is 140 Å². The Morgan fingerprint density at radius 2 is 2.07 bits per heavy atom. The Hall–Kier alpha value is -3.02. The zero-order chi connectivity index (χ0) is 20.3. The van der Waals surface area contributed by atoms with Gasteiger partial charge in [0, 0.05) is 12.1 Å². The molecule has 1 amide bonds. The van der Waals surface area contributed by atoms with E-state index in [4.69, 9.17) is 28.9 Å². The van der Waals surface area contributed by atoms with E-state index in [1.165, 1.54) is 10.9 Å². The van der Waals surface area contributed by atoms with Crippen LogP contribution in [0.5, 0.6) is 0 Å². The summed E-state index contributed by atoms with van der Waals surface area (Å²) in [7, 11) is 3.64. The number of halogens is 2. The highest BCUT2D eigenvalue weighted by molar-refractivity contribution is 6.38. The molecule has 0 aliphatic rings. The summed E-state index contributed by atoms with van der Waals surface area (Å²) in [6.07, 6.45) is 1.35. The van der Waals surface area contributed by atoms with E-state index in [9.17, 15) is 4.79 Å². The van der Waals surface area contributed by atoms with Gasteiger partial charge >= 0.3 is 0 Å². The monoisotopic (exact) mass is 423 g/mol. The number of aromatic nitrogens is 5. The Balaban J connectivity index is 1.86. The molecule has 0 fully saturated rings. The number of nitrogens with zero attached hydrogens (tertiary/aromatic N) is 7. The van der Waals surface area contributed by atoms with Crippen LogP contribution in [0.1, 0.15) is 21.7 Å². The van der Waals surface area contributed by atoms with Crippen LogP contribution in [0.3, 0.4) is 0 Å². The summed E-state index contributed by atoms with van der Waals surface area (Å²) in [5.74, 6) is -0.435. The standard InChI is InChI=1S/C15H15Cl2N9O2/c1-25(2)7-11-12(20-24-26(11)14-13(18)22-28-23-14)15(27)21-19-6-8-9(16)4-3-5-10(8)17/h3-6H,7H2,1-2H3,(H2,18,22)(H,21,27)/b19-6-. The fraction of sp³-hybridized carbons (Fsp3) is 0.200. The van der Waals surface area contributed by atoms with Crippen LogP contribution in [0, 0.1) is 0 Å². The van der Waals surface area contributed by atoms with Gasteiger partial charge < -0.3 is 10.6 Å². The molecule has 1 aromatic carbocycles. The Labute approximate surface area is 169 Å². The molecule has 0 radical (unpaired) electrons. The lowest BCUT2D eigenvalue weighted by Gasteiger charge is -2.11. The van der Waals surface area contributed by atoms with Crippen molar-refractivity contribution in [2.24, 2.45) is 5.10 Å². The molecule has 0 aliphatic carbocycles. The van der Waals surface area contributed by atoms with Crippen LogP contribution < -0.4 is 11.2 Å². The van der Waals surface area contributed by atoms with Crippen LogP contribution >= 0.6 is 23.2 Å². The number of benzene rings is 1. The van der Waals surface area contributed by atoms with Crippen molar-refractivity contribution in [1.29, 1.82) is 0 Å². The van der Waals surface area contributed by atoms with Gasteiger partial charge in [0.2, 0.25) is 11.6 Å². The van der Waals surface area contributed by atoms with Crippen LogP contribution in [0.25, 0.3) is 5.82 Å². The Bertz CT molecular complexity index is 1010. The Morgan fingerprint density at radius 1 is 1.36 bits per heavy atom. The molecule has 13 heteroatoms. The first-order valence-electron chi connectivity index (χ1n) is 7.83. The second kappa shape index (κ2) is 8.33. The van der Waals surface area contributed by atoms with E-state index >= 15 is 0 Å². The fourth-order valence-corrected chi connectivity index (χ4v) is 2.76. The number of nitrogens with one attached hydrogen (secondary N) is 1. The molecule has 3 rings (SSSR count). The molecule has 0 saturated carbocycles. The zero-order valence-electron chi connectivity index (χ0n) is 14.8. The van der Waals surface area contributed by atoms with Crippen LogP contribution in [0.15, 0.2) is 27.9 Å².